The van der Waals surface area contributed by atoms with Gasteiger partial charge in [-0.1, -0.05) is 12.8 Å². The molecule has 1 saturated carbocycles. The third kappa shape index (κ3) is 1.98. The van der Waals surface area contributed by atoms with Crippen LogP contribution in [0.5, 0.6) is 0 Å². The molecule has 1 aliphatic heterocycles. The van der Waals surface area contributed by atoms with Gasteiger partial charge < -0.3 is 10.2 Å². The van der Waals surface area contributed by atoms with E-state index in [0.717, 1.165) is 29.2 Å². The SMILES string of the molecule is CNc1ncnc(N2CCC3(CCCC3)C2)c1Br. The number of anilines is 2. The van der Waals surface area contributed by atoms with Crippen LogP contribution in [0, 0.1) is 5.41 Å². The lowest BCUT2D eigenvalue weighted by Gasteiger charge is -2.24. The minimum atomic E-state index is 0.574. The van der Waals surface area contributed by atoms with E-state index in [0.29, 0.717) is 5.41 Å². The topological polar surface area (TPSA) is 41.1 Å². The molecule has 4 nitrogen and oxygen atoms in total. The van der Waals surface area contributed by atoms with Crippen LogP contribution in [-0.2, 0) is 0 Å². The molecule has 1 aliphatic carbocycles. The Hall–Kier alpha value is -0.840. The number of nitrogens with zero attached hydrogens (tertiary/aromatic N) is 3. The van der Waals surface area contributed by atoms with Gasteiger partial charge in [0.15, 0.2) is 0 Å². The van der Waals surface area contributed by atoms with Gasteiger partial charge in [-0.05, 0) is 40.6 Å². The summed E-state index contributed by atoms with van der Waals surface area (Å²) >= 11 is 3.62. The number of halogens is 1. The molecule has 3 rings (SSSR count). The van der Waals surface area contributed by atoms with Crippen LogP contribution in [0.2, 0.25) is 0 Å². The van der Waals surface area contributed by atoms with Gasteiger partial charge in [0.2, 0.25) is 0 Å². The molecule has 5 heteroatoms. The molecule has 0 radical (unpaired) electrons. The molecule has 2 heterocycles. The van der Waals surface area contributed by atoms with Gasteiger partial charge in [0.25, 0.3) is 0 Å². The Morgan fingerprint density at radius 3 is 2.78 bits per heavy atom. The zero-order valence-corrected chi connectivity index (χ0v) is 12.3. The van der Waals surface area contributed by atoms with E-state index in [2.05, 4.69) is 36.1 Å². The van der Waals surface area contributed by atoms with Gasteiger partial charge in [0.05, 0.1) is 0 Å². The molecule has 1 saturated heterocycles. The average molecular weight is 311 g/mol. The first kappa shape index (κ1) is 12.2. The maximum Gasteiger partial charge on any atom is 0.148 e. The van der Waals surface area contributed by atoms with Gasteiger partial charge >= 0.3 is 0 Å². The summed E-state index contributed by atoms with van der Waals surface area (Å²) in [6.07, 6.45) is 8.56. The molecule has 0 aromatic carbocycles. The Labute approximate surface area is 116 Å². The first-order valence-electron chi connectivity index (χ1n) is 6.67. The van der Waals surface area contributed by atoms with Crippen molar-refractivity contribution in [2.45, 2.75) is 32.1 Å². The van der Waals surface area contributed by atoms with Crippen molar-refractivity contribution in [1.29, 1.82) is 0 Å². The van der Waals surface area contributed by atoms with Gasteiger partial charge in [-0.2, -0.15) is 0 Å². The van der Waals surface area contributed by atoms with Gasteiger partial charge in [-0.15, -0.1) is 0 Å². The van der Waals surface area contributed by atoms with Crippen LogP contribution in [0.1, 0.15) is 32.1 Å². The van der Waals surface area contributed by atoms with Gasteiger partial charge in [-0.25, -0.2) is 9.97 Å². The zero-order chi connectivity index (χ0) is 12.6. The minimum Gasteiger partial charge on any atom is -0.372 e. The van der Waals surface area contributed by atoms with Crippen molar-refractivity contribution >= 4 is 27.6 Å². The van der Waals surface area contributed by atoms with Gasteiger partial charge in [0, 0.05) is 20.1 Å². The van der Waals surface area contributed by atoms with Gasteiger partial charge in [0.1, 0.15) is 22.4 Å². The Morgan fingerprint density at radius 2 is 2.06 bits per heavy atom. The van der Waals surface area contributed by atoms with Crippen LogP contribution in [-0.4, -0.2) is 30.1 Å². The Morgan fingerprint density at radius 1 is 1.28 bits per heavy atom. The molecule has 1 spiro atoms. The molecular formula is C13H19BrN4. The molecule has 0 bridgehead atoms. The zero-order valence-electron chi connectivity index (χ0n) is 10.7. The summed E-state index contributed by atoms with van der Waals surface area (Å²) in [6, 6.07) is 0. The third-order valence-corrected chi connectivity index (χ3v) is 5.14. The molecule has 1 aromatic rings. The highest BCUT2D eigenvalue weighted by Gasteiger charge is 2.41. The van der Waals surface area contributed by atoms with Crippen LogP contribution in [0.25, 0.3) is 0 Å². The van der Waals surface area contributed by atoms with Crippen molar-refractivity contribution in [2.75, 3.05) is 30.4 Å². The van der Waals surface area contributed by atoms with E-state index in [1.807, 2.05) is 7.05 Å². The second-order valence-corrected chi connectivity index (χ2v) is 6.28. The lowest BCUT2D eigenvalue weighted by molar-refractivity contribution is 0.340. The summed E-state index contributed by atoms with van der Waals surface area (Å²) in [5, 5.41) is 3.10. The first-order valence-corrected chi connectivity index (χ1v) is 7.47. The summed E-state index contributed by atoms with van der Waals surface area (Å²) in [4.78, 5) is 11.1. The lowest BCUT2D eigenvalue weighted by Crippen LogP contribution is -2.26. The summed E-state index contributed by atoms with van der Waals surface area (Å²) in [7, 11) is 1.89. The van der Waals surface area contributed by atoms with Crippen molar-refractivity contribution in [3.8, 4) is 0 Å². The second-order valence-electron chi connectivity index (χ2n) is 5.49. The molecule has 0 unspecified atom stereocenters. The maximum atomic E-state index is 4.45. The molecule has 0 amide bonds. The molecule has 1 aromatic heterocycles. The highest BCUT2D eigenvalue weighted by Crippen LogP contribution is 2.47. The normalized spacial score (nSPS) is 21.8. The van der Waals surface area contributed by atoms with Crippen molar-refractivity contribution < 1.29 is 0 Å². The lowest BCUT2D eigenvalue weighted by atomic mass is 9.86. The van der Waals surface area contributed by atoms with Crippen molar-refractivity contribution in [3.05, 3.63) is 10.8 Å². The van der Waals surface area contributed by atoms with Crippen molar-refractivity contribution in [3.63, 3.8) is 0 Å². The summed E-state index contributed by atoms with van der Waals surface area (Å²) in [5.41, 5.74) is 0.574. The predicted molar refractivity (Wildman–Crippen MR) is 77.0 cm³/mol. The third-order valence-electron chi connectivity index (χ3n) is 4.41. The van der Waals surface area contributed by atoms with E-state index in [-0.39, 0.29) is 0 Å². The van der Waals surface area contributed by atoms with E-state index in [9.17, 15) is 0 Å². The van der Waals surface area contributed by atoms with Crippen LogP contribution in [0.15, 0.2) is 10.8 Å². The number of rotatable bonds is 2. The summed E-state index contributed by atoms with van der Waals surface area (Å²) < 4.78 is 0.988. The summed E-state index contributed by atoms with van der Waals surface area (Å²) in [6.45, 7) is 2.28. The van der Waals surface area contributed by atoms with Crippen molar-refractivity contribution in [2.24, 2.45) is 5.41 Å². The van der Waals surface area contributed by atoms with E-state index in [1.54, 1.807) is 6.33 Å². The first-order chi connectivity index (χ1) is 8.74. The molecular weight excluding hydrogens is 292 g/mol. The fourth-order valence-electron chi connectivity index (χ4n) is 3.40. The smallest absolute Gasteiger partial charge is 0.148 e. The van der Waals surface area contributed by atoms with Crippen molar-refractivity contribution in [1.82, 2.24) is 9.97 Å². The van der Waals surface area contributed by atoms with Crippen LogP contribution < -0.4 is 10.2 Å². The Kier molecular flexibility index (Phi) is 3.18. The Balaban J connectivity index is 1.84. The van der Waals surface area contributed by atoms with E-state index in [4.69, 9.17) is 0 Å². The van der Waals surface area contributed by atoms with Crippen LogP contribution >= 0.6 is 15.9 Å². The average Bonchev–Trinajstić information content (AvgIpc) is 3.01. The van der Waals surface area contributed by atoms with Gasteiger partial charge in [-0.3, -0.25) is 0 Å². The largest absolute Gasteiger partial charge is 0.372 e. The standard InChI is InChI=1S/C13H19BrN4/c1-15-11-10(14)12(17-9-16-11)18-7-6-13(8-18)4-2-3-5-13/h9H,2-8H2,1H3,(H,15,16,17). The number of hydrogen-bond donors (Lipinski definition) is 1. The summed E-state index contributed by atoms with van der Waals surface area (Å²) in [5.74, 6) is 1.91. The number of aromatic nitrogens is 2. The second kappa shape index (κ2) is 4.68. The van der Waals surface area contributed by atoms with E-state index >= 15 is 0 Å². The fourth-order valence-corrected chi connectivity index (χ4v) is 4.06. The van der Waals surface area contributed by atoms with Crippen LogP contribution in [0.3, 0.4) is 0 Å². The molecule has 18 heavy (non-hydrogen) atoms. The van der Waals surface area contributed by atoms with Crippen LogP contribution in [0.4, 0.5) is 11.6 Å². The fraction of sp³-hybridized carbons (Fsp3) is 0.692. The number of nitrogens with one attached hydrogen (secondary N) is 1. The molecule has 1 N–H and O–H groups in total. The quantitative estimate of drug-likeness (QED) is 0.911. The minimum absolute atomic E-state index is 0.574. The molecule has 2 aliphatic rings. The highest BCUT2D eigenvalue weighted by atomic mass is 79.9. The molecule has 0 atom stereocenters. The van der Waals surface area contributed by atoms with E-state index in [1.165, 1.54) is 32.1 Å². The maximum absolute atomic E-state index is 4.45. The predicted octanol–water partition coefficient (Wildman–Crippen LogP) is 3.05. The molecule has 98 valence electrons. The Bertz CT molecular complexity index is 443. The highest BCUT2D eigenvalue weighted by molar-refractivity contribution is 9.10. The monoisotopic (exact) mass is 310 g/mol. The number of hydrogen-bond acceptors (Lipinski definition) is 4. The molecule has 2 fully saturated rings. The van der Waals surface area contributed by atoms with E-state index < -0.39 is 0 Å².